The van der Waals surface area contributed by atoms with E-state index in [0.717, 1.165) is 29.8 Å². The van der Waals surface area contributed by atoms with E-state index < -0.39 is 9.05 Å². The van der Waals surface area contributed by atoms with Gasteiger partial charge in [0.15, 0.2) is 0 Å². The van der Waals surface area contributed by atoms with E-state index in [1.54, 1.807) is 0 Å². The maximum absolute atomic E-state index is 10.9. The zero-order chi connectivity index (χ0) is 11.8. The molecule has 2 rings (SSSR count). The van der Waals surface area contributed by atoms with Gasteiger partial charge in [-0.3, -0.25) is 0 Å². The van der Waals surface area contributed by atoms with E-state index >= 15 is 0 Å². The highest BCUT2D eigenvalue weighted by atomic mass is 35.7. The van der Waals surface area contributed by atoms with Gasteiger partial charge in [0.05, 0.1) is 5.75 Å². The number of benzene rings is 1. The molecule has 0 bridgehead atoms. The Kier molecular flexibility index (Phi) is 3.48. The molecule has 2 nitrogen and oxygen atoms in total. The van der Waals surface area contributed by atoms with E-state index in [1.807, 2.05) is 6.07 Å². The molecule has 0 amide bonds. The Balaban J connectivity index is 2.21. The van der Waals surface area contributed by atoms with Crippen LogP contribution in [-0.2, 0) is 28.3 Å². The number of hydrogen-bond donors (Lipinski definition) is 0. The molecule has 1 aliphatic rings. The normalized spacial score (nSPS) is 15.1. The first-order chi connectivity index (χ1) is 7.46. The highest BCUT2D eigenvalue weighted by Crippen LogP contribution is 2.30. The number of hydrogen-bond acceptors (Lipinski definition) is 2. The number of halogens is 2. The molecular weight excluding hydrogens is 267 g/mol. The lowest BCUT2D eigenvalue weighted by molar-refractivity contribution is 0.609. The summed E-state index contributed by atoms with van der Waals surface area (Å²) in [7, 11) is 1.76. The average Bonchev–Trinajstić information content (AvgIpc) is 2.62. The molecule has 0 atom stereocenters. The van der Waals surface area contributed by atoms with Gasteiger partial charge in [-0.2, -0.15) is 0 Å². The third kappa shape index (κ3) is 2.90. The molecule has 0 aromatic heterocycles. The molecule has 0 unspecified atom stereocenters. The lowest BCUT2D eigenvalue weighted by Crippen LogP contribution is -2.02. The Labute approximate surface area is 105 Å². The van der Waals surface area contributed by atoms with Crippen molar-refractivity contribution in [3.63, 3.8) is 0 Å². The summed E-state index contributed by atoms with van der Waals surface area (Å²) in [6, 6.07) is 3.91. The Hall–Kier alpha value is -0.250. The molecule has 1 aromatic rings. The van der Waals surface area contributed by atoms with Crippen molar-refractivity contribution in [2.75, 3.05) is 5.75 Å². The summed E-state index contributed by atoms with van der Waals surface area (Å²) >= 11 is 6.14. The van der Waals surface area contributed by atoms with Crippen LogP contribution in [0.15, 0.2) is 12.1 Å². The van der Waals surface area contributed by atoms with Crippen molar-refractivity contribution in [2.45, 2.75) is 25.7 Å². The molecule has 0 N–H and O–H groups in total. The molecule has 0 saturated carbocycles. The van der Waals surface area contributed by atoms with E-state index in [1.165, 1.54) is 11.1 Å². The Bertz CT molecular complexity index is 509. The maximum atomic E-state index is 10.9. The van der Waals surface area contributed by atoms with Crippen molar-refractivity contribution < 1.29 is 8.42 Å². The van der Waals surface area contributed by atoms with Gasteiger partial charge in [-0.15, -0.1) is 0 Å². The maximum Gasteiger partial charge on any atom is 0.232 e. The van der Waals surface area contributed by atoms with Gasteiger partial charge in [-0.1, -0.05) is 17.7 Å². The van der Waals surface area contributed by atoms with E-state index in [-0.39, 0.29) is 5.75 Å². The highest BCUT2D eigenvalue weighted by Gasteiger charge is 2.16. The smallest absolute Gasteiger partial charge is 0.212 e. The van der Waals surface area contributed by atoms with E-state index in [2.05, 4.69) is 6.07 Å². The molecule has 0 spiro atoms. The van der Waals surface area contributed by atoms with E-state index in [4.69, 9.17) is 22.3 Å². The van der Waals surface area contributed by atoms with Crippen LogP contribution in [0.5, 0.6) is 0 Å². The molecule has 1 aromatic carbocycles. The minimum Gasteiger partial charge on any atom is -0.212 e. The van der Waals surface area contributed by atoms with Gasteiger partial charge in [0.2, 0.25) is 9.05 Å². The minimum absolute atomic E-state index is 0.0380. The minimum atomic E-state index is -3.42. The van der Waals surface area contributed by atoms with Crippen molar-refractivity contribution in [3.05, 3.63) is 33.8 Å². The van der Waals surface area contributed by atoms with Crippen LogP contribution in [-0.4, -0.2) is 14.2 Å². The van der Waals surface area contributed by atoms with Crippen molar-refractivity contribution >= 4 is 31.3 Å². The summed E-state index contributed by atoms with van der Waals surface area (Å²) in [4.78, 5) is 0. The van der Waals surface area contributed by atoms with E-state index in [0.29, 0.717) is 6.42 Å². The van der Waals surface area contributed by atoms with Gasteiger partial charge >= 0.3 is 0 Å². The third-order valence-electron chi connectivity index (χ3n) is 2.86. The molecule has 88 valence electrons. The van der Waals surface area contributed by atoms with Crippen molar-refractivity contribution in [1.82, 2.24) is 0 Å². The van der Waals surface area contributed by atoms with Gasteiger partial charge < -0.3 is 0 Å². The lowest BCUT2D eigenvalue weighted by atomic mass is 10.0. The van der Waals surface area contributed by atoms with Crippen LogP contribution in [0.2, 0.25) is 5.02 Å². The third-order valence-corrected chi connectivity index (χ3v) is 4.35. The summed E-state index contributed by atoms with van der Waals surface area (Å²) in [6.45, 7) is 0. The lowest BCUT2D eigenvalue weighted by Gasteiger charge is -2.06. The van der Waals surface area contributed by atoms with Crippen molar-refractivity contribution in [2.24, 2.45) is 0 Å². The Morgan fingerprint density at radius 1 is 1.25 bits per heavy atom. The quantitative estimate of drug-likeness (QED) is 0.797. The summed E-state index contributed by atoms with van der Waals surface area (Å²) in [5.41, 5.74) is 3.43. The van der Waals surface area contributed by atoms with Gasteiger partial charge in [-0.05, 0) is 48.4 Å². The first-order valence-electron chi connectivity index (χ1n) is 5.18. The molecular formula is C11H12Cl2O2S. The van der Waals surface area contributed by atoms with Crippen LogP contribution in [0.25, 0.3) is 0 Å². The highest BCUT2D eigenvalue weighted by molar-refractivity contribution is 8.13. The second-order valence-electron chi connectivity index (χ2n) is 4.06. The first kappa shape index (κ1) is 12.2. The molecule has 0 saturated heterocycles. The molecule has 0 fully saturated rings. The topological polar surface area (TPSA) is 34.1 Å². The van der Waals surface area contributed by atoms with Gasteiger partial charge in [0.1, 0.15) is 0 Å². The molecule has 0 radical (unpaired) electrons. The molecule has 5 heteroatoms. The standard InChI is InChI=1S/C11H12Cl2O2S/c12-11-7-8(4-5-16(13,14)15)6-9-2-1-3-10(9)11/h6-7H,1-5H2. The molecule has 0 aliphatic heterocycles. The number of rotatable bonds is 3. The summed E-state index contributed by atoms with van der Waals surface area (Å²) in [5, 5.41) is 0.761. The average molecular weight is 279 g/mol. The molecule has 16 heavy (non-hydrogen) atoms. The van der Waals surface area contributed by atoms with Crippen molar-refractivity contribution in [3.8, 4) is 0 Å². The molecule has 1 aliphatic carbocycles. The zero-order valence-electron chi connectivity index (χ0n) is 8.67. The van der Waals surface area contributed by atoms with Gasteiger partial charge in [0, 0.05) is 15.7 Å². The fourth-order valence-corrected chi connectivity index (χ4v) is 3.17. The predicted octanol–water partition coefficient (Wildman–Crippen LogP) is 2.94. The second-order valence-corrected chi connectivity index (χ2v) is 7.37. The van der Waals surface area contributed by atoms with Crippen molar-refractivity contribution in [1.29, 1.82) is 0 Å². The first-order valence-corrected chi connectivity index (χ1v) is 8.04. The Morgan fingerprint density at radius 3 is 2.69 bits per heavy atom. The molecule has 0 heterocycles. The van der Waals surface area contributed by atoms with Crippen LogP contribution < -0.4 is 0 Å². The van der Waals surface area contributed by atoms with Crippen LogP contribution in [0.1, 0.15) is 23.1 Å². The van der Waals surface area contributed by atoms with Crippen LogP contribution >= 0.6 is 22.3 Å². The van der Waals surface area contributed by atoms with Crippen LogP contribution in [0, 0.1) is 0 Å². The monoisotopic (exact) mass is 278 g/mol. The van der Waals surface area contributed by atoms with E-state index in [9.17, 15) is 8.42 Å². The number of fused-ring (bicyclic) bond motifs is 1. The summed E-state index contributed by atoms with van der Waals surface area (Å²) in [6.07, 6.45) is 3.63. The SMILES string of the molecule is O=S(=O)(Cl)CCc1cc(Cl)c2c(c1)CCC2. The van der Waals surface area contributed by atoms with Gasteiger partial charge in [0.25, 0.3) is 0 Å². The second kappa shape index (κ2) is 4.55. The summed E-state index contributed by atoms with van der Waals surface area (Å²) in [5.74, 6) is -0.0380. The largest absolute Gasteiger partial charge is 0.232 e. The van der Waals surface area contributed by atoms with Crippen LogP contribution in [0.3, 0.4) is 0 Å². The zero-order valence-corrected chi connectivity index (χ0v) is 11.0. The fraction of sp³-hybridized carbons (Fsp3) is 0.455. The number of aryl methyl sites for hydroxylation is 2. The predicted molar refractivity (Wildman–Crippen MR) is 66.8 cm³/mol. The Morgan fingerprint density at radius 2 is 2.00 bits per heavy atom. The fourth-order valence-electron chi connectivity index (χ4n) is 2.10. The van der Waals surface area contributed by atoms with Crippen LogP contribution in [0.4, 0.5) is 0 Å². The summed E-state index contributed by atoms with van der Waals surface area (Å²) < 4.78 is 21.7. The van der Waals surface area contributed by atoms with Gasteiger partial charge in [-0.25, -0.2) is 8.42 Å².